The van der Waals surface area contributed by atoms with Gasteiger partial charge >= 0.3 is 0 Å². The van der Waals surface area contributed by atoms with Crippen LogP contribution in [0.25, 0.3) is 5.82 Å². The number of carbonyl (C=O) groups is 1. The van der Waals surface area contributed by atoms with Crippen molar-refractivity contribution < 1.29 is 9.53 Å². The van der Waals surface area contributed by atoms with E-state index in [1.165, 1.54) is 10.9 Å². The minimum absolute atomic E-state index is 0.161. The normalized spacial score (nSPS) is 10.7. The van der Waals surface area contributed by atoms with E-state index in [0.717, 1.165) is 0 Å². The number of halogens is 3. The van der Waals surface area contributed by atoms with Crippen molar-refractivity contribution in [1.82, 2.24) is 14.8 Å². The molecule has 2 aromatic heterocycles. The maximum absolute atomic E-state index is 12.3. The Morgan fingerprint density at radius 3 is 2.59 bits per heavy atom. The van der Waals surface area contributed by atoms with E-state index < -0.39 is 0 Å². The standard InChI is InChI=1S/C18H15Cl3N4O2/c1-11-8-16(25(24-11)18-15(21)9-13(20)10-22-18)23-17(26)6-7-27-14-4-2-12(19)3-5-14/h2-5,8-10H,6-7H2,1H3,(H,23,26). The van der Waals surface area contributed by atoms with Crippen molar-refractivity contribution in [1.29, 1.82) is 0 Å². The topological polar surface area (TPSA) is 69.0 Å². The van der Waals surface area contributed by atoms with Crippen LogP contribution in [0.1, 0.15) is 12.1 Å². The van der Waals surface area contributed by atoms with Crippen molar-refractivity contribution in [3.05, 3.63) is 63.4 Å². The molecular weight excluding hydrogens is 411 g/mol. The van der Waals surface area contributed by atoms with Gasteiger partial charge in [0.15, 0.2) is 5.82 Å². The molecule has 3 aromatic rings. The Hall–Kier alpha value is -2.28. The molecule has 0 saturated heterocycles. The summed E-state index contributed by atoms with van der Waals surface area (Å²) in [4.78, 5) is 16.4. The summed E-state index contributed by atoms with van der Waals surface area (Å²) in [5.41, 5.74) is 0.704. The lowest BCUT2D eigenvalue weighted by Gasteiger charge is -2.10. The molecule has 0 spiro atoms. The van der Waals surface area contributed by atoms with Crippen molar-refractivity contribution in [2.75, 3.05) is 11.9 Å². The van der Waals surface area contributed by atoms with Crippen LogP contribution in [0.3, 0.4) is 0 Å². The number of anilines is 1. The van der Waals surface area contributed by atoms with Gasteiger partial charge in [0, 0.05) is 17.3 Å². The molecule has 2 heterocycles. The fourth-order valence-electron chi connectivity index (χ4n) is 2.31. The minimum Gasteiger partial charge on any atom is -0.493 e. The second-order valence-electron chi connectivity index (χ2n) is 5.64. The average Bonchev–Trinajstić information content (AvgIpc) is 2.96. The van der Waals surface area contributed by atoms with Crippen molar-refractivity contribution in [3.63, 3.8) is 0 Å². The number of aromatic nitrogens is 3. The van der Waals surface area contributed by atoms with E-state index >= 15 is 0 Å². The third kappa shape index (κ3) is 5.13. The van der Waals surface area contributed by atoms with E-state index in [1.807, 2.05) is 0 Å². The summed E-state index contributed by atoms with van der Waals surface area (Å²) in [7, 11) is 0. The zero-order chi connectivity index (χ0) is 19.4. The van der Waals surface area contributed by atoms with Gasteiger partial charge in [0.05, 0.1) is 28.8 Å². The summed E-state index contributed by atoms with van der Waals surface area (Å²) in [5.74, 6) is 1.25. The fraction of sp³-hybridized carbons (Fsp3) is 0.167. The van der Waals surface area contributed by atoms with Gasteiger partial charge in [-0.1, -0.05) is 34.8 Å². The number of nitrogens with zero attached hydrogens (tertiary/aromatic N) is 3. The van der Waals surface area contributed by atoms with Crippen LogP contribution in [0.4, 0.5) is 5.82 Å². The first kappa shape index (κ1) is 19.5. The highest BCUT2D eigenvalue weighted by Gasteiger charge is 2.15. The Morgan fingerprint density at radius 1 is 1.15 bits per heavy atom. The lowest BCUT2D eigenvalue weighted by molar-refractivity contribution is -0.116. The van der Waals surface area contributed by atoms with Crippen molar-refractivity contribution >= 4 is 46.5 Å². The largest absolute Gasteiger partial charge is 0.493 e. The number of ether oxygens (including phenoxy) is 1. The van der Waals surface area contributed by atoms with Crippen LogP contribution < -0.4 is 10.1 Å². The number of pyridine rings is 1. The Bertz CT molecular complexity index is 958. The molecule has 0 fully saturated rings. The molecule has 0 unspecified atom stereocenters. The molecule has 9 heteroatoms. The maximum atomic E-state index is 12.3. The predicted octanol–water partition coefficient (Wildman–Crippen LogP) is 4.94. The molecule has 0 atom stereocenters. The first-order chi connectivity index (χ1) is 12.9. The molecule has 1 amide bonds. The van der Waals surface area contributed by atoms with Gasteiger partial charge in [-0.2, -0.15) is 9.78 Å². The van der Waals surface area contributed by atoms with Gasteiger partial charge in [0.1, 0.15) is 11.6 Å². The average molecular weight is 426 g/mol. The quantitative estimate of drug-likeness (QED) is 0.607. The smallest absolute Gasteiger partial charge is 0.228 e. The third-order valence-corrected chi connectivity index (χ3v) is 4.24. The van der Waals surface area contributed by atoms with Crippen molar-refractivity contribution in [2.45, 2.75) is 13.3 Å². The lowest BCUT2D eigenvalue weighted by Crippen LogP contribution is -2.18. The summed E-state index contributed by atoms with van der Waals surface area (Å²) in [5, 5.41) is 8.49. The van der Waals surface area contributed by atoms with Gasteiger partial charge in [-0.05, 0) is 37.3 Å². The SMILES string of the molecule is Cc1cc(NC(=O)CCOc2ccc(Cl)cc2)n(-c2ncc(Cl)cc2Cl)n1. The number of rotatable bonds is 6. The van der Waals surface area contributed by atoms with E-state index in [-0.39, 0.29) is 18.9 Å². The summed E-state index contributed by atoms with van der Waals surface area (Å²) in [6, 6.07) is 10.2. The number of hydrogen-bond donors (Lipinski definition) is 1. The molecular formula is C18H15Cl3N4O2. The molecule has 0 aliphatic heterocycles. The second kappa shape index (κ2) is 8.61. The summed E-state index contributed by atoms with van der Waals surface area (Å²) >= 11 is 17.9. The Kier molecular flexibility index (Phi) is 6.21. The van der Waals surface area contributed by atoms with Crippen LogP contribution in [0.5, 0.6) is 5.75 Å². The number of aryl methyl sites for hydroxylation is 1. The van der Waals surface area contributed by atoms with E-state index in [9.17, 15) is 4.79 Å². The third-order valence-electron chi connectivity index (χ3n) is 3.50. The Morgan fingerprint density at radius 2 is 1.89 bits per heavy atom. The molecule has 27 heavy (non-hydrogen) atoms. The van der Waals surface area contributed by atoms with Crippen LogP contribution in [0, 0.1) is 6.92 Å². The lowest BCUT2D eigenvalue weighted by atomic mass is 10.3. The number of nitrogens with one attached hydrogen (secondary N) is 1. The maximum Gasteiger partial charge on any atom is 0.228 e. The molecule has 1 aromatic carbocycles. The highest BCUT2D eigenvalue weighted by atomic mass is 35.5. The molecule has 6 nitrogen and oxygen atoms in total. The van der Waals surface area contributed by atoms with E-state index in [1.54, 1.807) is 43.3 Å². The number of hydrogen-bond acceptors (Lipinski definition) is 4. The van der Waals surface area contributed by atoms with Crippen LogP contribution in [-0.4, -0.2) is 27.3 Å². The molecule has 0 bridgehead atoms. The first-order valence-electron chi connectivity index (χ1n) is 7.98. The summed E-state index contributed by atoms with van der Waals surface area (Å²) in [6.45, 7) is 2.03. The summed E-state index contributed by atoms with van der Waals surface area (Å²) < 4.78 is 7.00. The van der Waals surface area contributed by atoms with Gasteiger partial charge in [0.2, 0.25) is 5.91 Å². The van der Waals surface area contributed by atoms with Crippen LogP contribution in [-0.2, 0) is 4.79 Å². The first-order valence-corrected chi connectivity index (χ1v) is 9.12. The zero-order valence-corrected chi connectivity index (χ0v) is 16.5. The van der Waals surface area contributed by atoms with Crippen molar-refractivity contribution in [3.8, 4) is 11.6 Å². The highest BCUT2D eigenvalue weighted by molar-refractivity contribution is 6.35. The van der Waals surface area contributed by atoms with Gasteiger partial charge in [-0.3, -0.25) is 4.79 Å². The molecule has 1 N–H and O–H groups in total. The molecule has 0 aliphatic carbocycles. The predicted molar refractivity (Wildman–Crippen MR) is 106 cm³/mol. The van der Waals surface area contributed by atoms with Crippen LogP contribution in [0.15, 0.2) is 42.6 Å². The fourth-order valence-corrected chi connectivity index (χ4v) is 2.90. The Labute approximate surface area is 171 Å². The number of benzene rings is 1. The van der Waals surface area contributed by atoms with Gasteiger partial charge in [0.25, 0.3) is 0 Å². The van der Waals surface area contributed by atoms with Crippen molar-refractivity contribution in [2.24, 2.45) is 0 Å². The van der Waals surface area contributed by atoms with E-state index in [0.29, 0.717) is 38.1 Å². The Balaban J connectivity index is 1.65. The molecule has 0 saturated carbocycles. The van der Waals surface area contributed by atoms with Crippen LogP contribution in [0.2, 0.25) is 15.1 Å². The molecule has 140 valence electrons. The highest BCUT2D eigenvalue weighted by Crippen LogP contribution is 2.25. The zero-order valence-electron chi connectivity index (χ0n) is 14.2. The molecule has 3 rings (SSSR count). The molecule has 0 aliphatic rings. The molecule has 0 radical (unpaired) electrons. The minimum atomic E-state index is -0.227. The monoisotopic (exact) mass is 424 g/mol. The van der Waals surface area contributed by atoms with E-state index in [2.05, 4.69) is 15.4 Å². The van der Waals surface area contributed by atoms with Gasteiger partial charge < -0.3 is 10.1 Å². The van der Waals surface area contributed by atoms with Gasteiger partial charge in [-0.15, -0.1) is 0 Å². The van der Waals surface area contributed by atoms with Gasteiger partial charge in [-0.25, -0.2) is 4.98 Å². The summed E-state index contributed by atoms with van der Waals surface area (Å²) in [6.07, 6.45) is 1.62. The van der Waals surface area contributed by atoms with Crippen LogP contribution >= 0.6 is 34.8 Å². The number of carbonyl (C=O) groups excluding carboxylic acids is 1. The second-order valence-corrected chi connectivity index (χ2v) is 6.92. The van der Waals surface area contributed by atoms with E-state index in [4.69, 9.17) is 39.5 Å². The number of amides is 1.